The quantitative estimate of drug-likeness (QED) is 0.132. The number of esters is 1. The highest BCUT2D eigenvalue weighted by molar-refractivity contribution is 9.10. The molecule has 0 amide bonds. The Morgan fingerprint density at radius 2 is 1.87 bits per heavy atom. The number of hydrogen-bond acceptors (Lipinski definition) is 7. The monoisotopic (exact) mass is 591 g/mol. The van der Waals surface area contributed by atoms with Crippen molar-refractivity contribution in [1.29, 1.82) is 0 Å². The van der Waals surface area contributed by atoms with E-state index in [1.165, 1.54) is 18.7 Å². The van der Waals surface area contributed by atoms with Gasteiger partial charge in [-0.3, -0.25) is 9.59 Å². The number of fused-ring (bicyclic) bond motifs is 1. The van der Waals surface area contributed by atoms with Crippen molar-refractivity contribution >= 4 is 39.0 Å². The van der Waals surface area contributed by atoms with Gasteiger partial charge < -0.3 is 14.2 Å². The first-order valence-corrected chi connectivity index (χ1v) is 13.3. The third-order valence-corrected chi connectivity index (χ3v) is 6.81. The van der Waals surface area contributed by atoms with Crippen molar-refractivity contribution in [3.63, 3.8) is 0 Å². The first kappa shape index (κ1) is 28.0. The second-order valence-corrected chi connectivity index (χ2v) is 10.1. The lowest BCUT2D eigenvalue weighted by molar-refractivity contribution is -0.132. The van der Waals surface area contributed by atoms with E-state index >= 15 is 0 Å². The molecule has 0 bridgehead atoms. The van der Waals surface area contributed by atoms with Crippen molar-refractivity contribution in [2.24, 2.45) is 5.10 Å². The Labute approximate surface area is 235 Å². The Morgan fingerprint density at radius 3 is 2.54 bits per heavy atom. The second kappa shape index (κ2) is 11.8. The highest BCUT2D eigenvalue weighted by Gasteiger charge is 2.19. The first-order chi connectivity index (χ1) is 18.6. The summed E-state index contributed by atoms with van der Waals surface area (Å²) in [7, 11) is 1.48. The largest absolute Gasteiger partial charge is 0.494 e. The van der Waals surface area contributed by atoms with Gasteiger partial charge in [0.15, 0.2) is 17.3 Å². The molecule has 1 heterocycles. The van der Waals surface area contributed by atoms with Crippen LogP contribution in [-0.2, 0) is 4.79 Å². The van der Waals surface area contributed by atoms with Crippen molar-refractivity contribution in [3.05, 3.63) is 80.0 Å². The van der Waals surface area contributed by atoms with E-state index in [4.69, 9.17) is 19.2 Å². The number of halogens is 1. The zero-order valence-electron chi connectivity index (χ0n) is 22.7. The molecule has 202 valence electrons. The van der Waals surface area contributed by atoms with Gasteiger partial charge in [0.25, 0.3) is 5.56 Å². The first-order valence-electron chi connectivity index (χ1n) is 12.5. The molecule has 0 fully saturated rings. The Bertz CT molecular complexity index is 1640. The number of aromatic nitrogens is 2. The fraction of sp³-hybridized carbons (Fsp3) is 0.267. The SMILES string of the molecule is CCOc1cc(C)c(-c2nc3ccccc3c(=O)n2N=Cc2cc(OC)c(OC(C)=O)cc2Br)cc1C(C)C. The van der Waals surface area contributed by atoms with Gasteiger partial charge in [0, 0.05) is 22.5 Å². The van der Waals surface area contributed by atoms with E-state index in [1.807, 2.05) is 38.1 Å². The maximum atomic E-state index is 13.7. The molecule has 3 aromatic carbocycles. The molecule has 0 aliphatic rings. The van der Waals surface area contributed by atoms with E-state index in [0.29, 0.717) is 39.1 Å². The smallest absolute Gasteiger partial charge is 0.308 e. The van der Waals surface area contributed by atoms with Crippen LogP contribution in [-0.4, -0.2) is 35.6 Å². The summed E-state index contributed by atoms with van der Waals surface area (Å²) < 4.78 is 18.5. The molecular weight excluding hydrogens is 562 g/mol. The summed E-state index contributed by atoms with van der Waals surface area (Å²) in [5.41, 5.74) is 3.60. The molecule has 8 nitrogen and oxygen atoms in total. The molecule has 39 heavy (non-hydrogen) atoms. The minimum absolute atomic E-state index is 0.189. The number of aryl methyl sites for hydroxylation is 1. The normalized spacial score (nSPS) is 11.4. The minimum Gasteiger partial charge on any atom is -0.494 e. The van der Waals surface area contributed by atoms with Crippen LogP contribution >= 0.6 is 15.9 Å². The molecule has 0 aliphatic carbocycles. The van der Waals surface area contributed by atoms with Gasteiger partial charge >= 0.3 is 5.97 Å². The van der Waals surface area contributed by atoms with Gasteiger partial charge in [-0.2, -0.15) is 9.78 Å². The van der Waals surface area contributed by atoms with E-state index < -0.39 is 5.97 Å². The van der Waals surface area contributed by atoms with Gasteiger partial charge in [0.1, 0.15) is 5.75 Å². The van der Waals surface area contributed by atoms with Crippen LogP contribution in [0.15, 0.2) is 62.9 Å². The number of methoxy groups -OCH3 is 1. The highest BCUT2D eigenvalue weighted by Crippen LogP contribution is 2.35. The number of ether oxygens (including phenoxy) is 3. The molecule has 4 rings (SSSR count). The Balaban J connectivity index is 1.94. The van der Waals surface area contributed by atoms with E-state index in [0.717, 1.165) is 22.4 Å². The van der Waals surface area contributed by atoms with Gasteiger partial charge in [-0.25, -0.2) is 4.98 Å². The fourth-order valence-corrected chi connectivity index (χ4v) is 4.66. The molecule has 9 heteroatoms. The summed E-state index contributed by atoms with van der Waals surface area (Å²) in [4.78, 5) is 30.1. The Morgan fingerprint density at radius 1 is 1.13 bits per heavy atom. The lowest BCUT2D eigenvalue weighted by Gasteiger charge is -2.18. The van der Waals surface area contributed by atoms with Crippen molar-refractivity contribution in [1.82, 2.24) is 9.66 Å². The Kier molecular flexibility index (Phi) is 8.50. The number of rotatable bonds is 8. The predicted octanol–water partition coefficient (Wildman–Crippen LogP) is 6.47. The predicted molar refractivity (Wildman–Crippen MR) is 156 cm³/mol. The maximum absolute atomic E-state index is 13.7. The number of carbonyl (C=O) groups is 1. The summed E-state index contributed by atoms with van der Waals surface area (Å²) in [6, 6.07) is 14.5. The zero-order valence-corrected chi connectivity index (χ0v) is 24.3. The lowest BCUT2D eigenvalue weighted by atomic mass is 9.96. The fourth-order valence-electron chi connectivity index (χ4n) is 4.24. The van der Waals surface area contributed by atoms with Gasteiger partial charge in [-0.05, 0) is 83.2 Å². The van der Waals surface area contributed by atoms with Gasteiger partial charge in [0.05, 0.1) is 30.8 Å². The lowest BCUT2D eigenvalue weighted by Crippen LogP contribution is -2.21. The summed E-state index contributed by atoms with van der Waals surface area (Å²) >= 11 is 3.50. The van der Waals surface area contributed by atoms with Gasteiger partial charge in [0.2, 0.25) is 0 Å². The van der Waals surface area contributed by atoms with Crippen LogP contribution < -0.4 is 19.8 Å². The van der Waals surface area contributed by atoms with Gasteiger partial charge in [-0.15, -0.1) is 0 Å². The molecule has 0 aliphatic heterocycles. The molecule has 0 saturated heterocycles. The number of para-hydroxylation sites is 1. The van der Waals surface area contributed by atoms with Crippen molar-refractivity contribution in [2.45, 2.75) is 40.5 Å². The summed E-state index contributed by atoms with van der Waals surface area (Å²) in [5.74, 6) is 1.57. The number of benzene rings is 3. The highest BCUT2D eigenvalue weighted by atomic mass is 79.9. The van der Waals surface area contributed by atoms with E-state index in [-0.39, 0.29) is 17.2 Å². The van der Waals surface area contributed by atoms with E-state index in [2.05, 4.69) is 34.9 Å². The van der Waals surface area contributed by atoms with Crippen LogP contribution in [0.1, 0.15) is 50.3 Å². The topological polar surface area (TPSA) is 92.0 Å². The van der Waals surface area contributed by atoms with E-state index in [9.17, 15) is 9.59 Å². The van der Waals surface area contributed by atoms with Crippen LogP contribution in [0.25, 0.3) is 22.3 Å². The Hall–Kier alpha value is -3.98. The average molecular weight is 592 g/mol. The standard InChI is InChI=1S/C30H30BrN3O5/c1-7-38-26-12-18(4)23(14-22(26)17(2)3)29-33-25-11-9-8-10-21(25)30(36)34(29)32-16-20-13-27(37-6)28(15-24(20)31)39-19(5)35/h8-17H,7H2,1-6H3. The summed E-state index contributed by atoms with van der Waals surface area (Å²) in [5, 5.41) is 5.05. The number of carbonyl (C=O) groups excluding carboxylic acids is 1. The van der Waals surface area contributed by atoms with Crippen LogP contribution in [0.5, 0.6) is 17.2 Å². The maximum Gasteiger partial charge on any atom is 0.308 e. The molecule has 1 aromatic heterocycles. The molecule has 0 unspecified atom stereocenters. The average Bonchev–Trinajstić information content (AvgIpc) is 2.89. The molecule has 4 aromatic rings. The van der Waals surface area contributed by atoms with Crippen molar-refractivity contribution in [3.8, 4) is 28.6 Å². The molecule has 0 atom stereocenters. The summed E-state index contributed by atoms with van der Waals surface area (Å²) in [6.45, 7) is 9.98. The van der Waals surface area contributed by atoms with Crippen LogP contribution in [0.2, 0.25) is 0 Å². The zero-order chi connectivity index (χ0) is 28.3. The number of nitrogens with zero attached hydrogens (tertiary/aromatic N) is 3. The summed E-state index contributed by atoms with van der Waals surface area (Å²) in [6.07, 6.45) is 1.54. The molecule has 0 saturated carbocycles. The number of hydrogen-bond donors (Lipinski definition) is 0. The van der Waals surface area contributed by atoms with Crippen LogP contribution in [0, 0.1) is 6.92 Å². The second-order valence-electron chi connectivity index (χ2n) is 9.22. The molecule has 0 spiro atoms. The van der Waals surface area contributed by atoms with Crippen LogP contribution in [0.4, 0.5) is 0 Å². The van der Waals surface area contributed by atoms with E-state index in [1.54, 1.807) is 30.5 Å². The van der Waals surface area contributed by atoms with Crippen LogP contribution in [0.3, 0.4) is 0 Å². The van der Waals surface area contributed by atoms with Crippen molar-refractivity contribution in [2.75, 3.05) is 13.7 Å². The third-order valence-electron chi connectivity index (χ3n) is 6.12. The van der Waals surface area contributed by atoms with Gasteiger partial charge in [-0.1, -0.05) is 26.0 Å². The molecule has 0 radical (unpaired) electrons. The van der Waals surface area contributed by atoms with Crippen molar-refractivity contribution < 1.29 is 19.0 Å². The third kappa shape index (κ3) is 5.88. The minimum atomic E-state index is -0.466. The molecule has 0 N–H and O–H groups in total. The molecular formula is C30H30BrN3O5.